The number of hydrogen-bond acceptors (Lipinski definition) is 5. The van der Waals surface area contributed by atoms with Gasteiger partial charge in [-0.05, 0) is 62.9 Å². The van der Waals surface area contributed by atoms with E-state index in [1.54, 1.807) is 0 Å². The first-order chi connectivity index (χ1) is 14.1. The molecule has 0 saturated carbocycles. The molecule has 7 atom stereocenters. The summed E-state index contributed by atoms with van der Waals surface area (Å²) in [6, 6.07) is 0. The number of rotatable bonds is 6. The van der Waals surface area contributed by atoms with Crippen molar-refractivity contribution < 1.29 is 24.2 Å². The van der Waals surface area contributed by atoms with Crippen LogP contribution in [0, 0.1) is 29.1 Å². The first kappa shape index (κ1) is 23.1. The van der Waals surface area contributed by atoms with Crippen LogP contribution in [-0.4, -0.2) is 35.4 Å². The Morgan fingerprint density at radius 3 is 2.67 bits per heavy atom. The van der Waals surface area contributed by atoms with Crippen molar-refractivity contribution in [2.75, 3.05) is 0 Å². The van der Waals surface area contributed by atoms with Crippen molar-refractivity contribution in [2.24, 2.45) is 29.1 Å². The fourth-order valence-electron chi connectivity index (χ4n) is 5.08. The molecule has 3 rings (SSSR count). The fourth-order valence-corrected chi connectivity index (χ4v) is 5.08. The number of ether oxygens (including phenoxy) is 2. The Bertz CT molecular complexity index is 706. The summed E-state index contributed by atoms with van der Waals surface area (Å²) in [6.45, 7) is 10.3. The molecule has 5 heteroatoms. The Balaban J connectivity index is 1.76. The Hall–Kier alpha value is -1.62. The van der Waals surface area contributed by atoms with E-state index in [1.807, 2.05) is 20.8 Å². The third-order valence-corrected chi connectivity index (χ3v) is 7.35. The molecule has 168 valence electrons. The highest BCUT2D eigenvalue weighted by atomic mass is 16.6. The van der Waals surface area contributed by atoms with Crippen LogP contribution in [0.1, 0.15) is 73.1 Å². The number of fused-ring (bicyclic) bond motifs is 1. The van der Waals surface area contributed by atoms with Crippen LogP contribution in [0.5, 0.6) is 0 Å². The first-order valence-electron chi connectivity index (χ1n) is 11.6. The summed E-state index contributed by atoms with van der Waals surface area (Å²) in [5.74, 6) is 0.776. The van der Waals surface area contributed by atoms with Crippen molar-refractivity contribution in [1.29, 1.82) is 0 Å². The average Bonchev–Trinajstić information content (AvgIpc) is 2.66. The molecule has 0 aromatic rings. The molecule has 0 aromatic heterocycles. The quantitative estimate of drug-likeness (QED) is 0.639. The van der Waals surface area contributed by atoms with Crippen molar-refractivity contribution in [3.8, 4) is 0 Å². The predicted molar refractivity (Wildman–Crippen MR) is 115 cm³/mol. The van der Waals surface area contributed by atoms with E-state index in [1.165, 1.54) is 5.57 Å². The molecule has 1 N–H and O–H groups in total. The second-order valence-electron chi connectivity index (χ2n) is 10.3. The van der Waals surface area contributed by atoms with Gasteiger partial charge in [-0.3, -0.25) is 9.59 Å². The molecule has 1 saturated heterocycles. The van der Waals surface area contributed by atoms with Crippen LogP contribution >= 0.6 is 0 Å². The molecule has 1 aliphatic heterocycles. The minimum Gasteiger partial charge on any atom is -0.462 e. The normalized spacial score (nSPS) is 36.5. The smallest absolute Gasteiger partial charge is 0.311 e. The third-order valence-electron chi connectivity index (χ3n) is 7.35. The van der Waals surface area contributed by atoms with Crippen molar-refractivity contribution >= 4 is 11.9 Å². The number of cyclic esters (lactones) is 1. The zero-order valence-corrected chi connectivity index (χ0v) is 19.1. The van der Waals surface area contributed by atoms with Crippen molar-refractivity contribution in [1.82, 2.24) is 0 Å². The summed E-state index contributed by atoms with van der Waals surface area (Å²) < 4.78 is 11.6. The van der Waals surface area contributed by atoms with Crippen LogP contribution in [0.25, 0.3) is 0 Å². The van der Waals surface area contributed by atoms with Crippen LogP contribution in [0.4, 0.5) is 0 Å². The van der Waals surface area contributed by atoms with Gasteiger partial charge in [0, 0.05) is 12.3 Å². The molecule has 3 aliphatic rings. The summed E-state index contributed by atoms with van der Waals surface area (Å²) in [6.07, 6.45) is 9.61. The average molecular weight is 419 g/mol. The second-order valence-corrected chi connectivity index (χ2v) is 10.3. The number of esters is 2. The molecule has 0 radical (unpaired) electrons. The van der Waals surface area contributed by atoms with E-state index < -0.39 is 11.5 Å². The Labute approximate surface area is 180 Å². The van der Waals surface area contributed by atoms with Crippen molar-refractivity contribution in [3.05, 3.63) is 23.8 Å². The lowest BCUT2D eigenvalue weighted by molar-refractivity contribution is -0.166. The molecule has 30 heavy (non-hydrogen) atoms. The molecular weight excluding hydrogens is 380 g/mol. The second kappa shape index (κ2) is 9.25. The van der Waals surface area contributed by atoms with Gasteiger partial charge in [0.25, 0.3) is 0 Å². The maximum Gasteiger partial charge on any atom is 0.311 e. The van der Waals surface area contributed by atoms with Gasteiger partial charge in [0.1, 0.15) is 12.2 Å². The lowest BCUT2D eigenvalue weighted by Crippen LogP contribution is -2.43. The summed E-state index contributed by atoms with van der Waals surface area (Å²) >= 11 is 0. The van der Waals surface area contributed by atoms with Gasteiger partial charge in [0.15, 0.2) is 0 Å². The predicted octanol–water partition coefficient (Wildman–Crippen LogP) is 4.59. The minimum atomic E-state index is -0.601. The third kappa shape index (κ3) is 5.16. The van der Waals surface area contributed by atoms with Crippen LogP contribution in [0.2, 0.25) is 0 Å². The van der Waals surface area contributed by atoms with E-state index in [9.17, 15) is 14.7 Å². The summed E-state index contributed by atoms with van der Waals surface area (Å²) in [5.41, 5.74) is 0.785. The molecule has 1 heterocycles. The lowest BCUT2D eigenvalue weighted by atomic mass is 9.65. The number of carbonyl (C=O) groups is 2. The van der Waals surface area contributed by atoms with Gasteiger partial charge < -0.3 is 14.6 Å². The number of hydrogen-bond donors (Lipinski definition) is 1. The summed E-state index contributed by atoms with van der Waals surface area (Å²) in [4.78, 5) is 24.6. The van der Waals surface area contributed by atoms with Gasteiger partial charge in [-0.15, -0.1) is 0 Å². The molecule has 0 amide bonds. The van der Waals surface area contributed by atoms with E-state index in [4.69, 9.17) is 9.47 Å². The minimum absolute atomic E-state index is 0.0949. The molecule has 0 unspecified atom stereocenters. The highest BCUT2D eigenvalue weighted by Crippen LogP contribution is 2.45. The van der Waals surface area contributed by atoms with E-state index in [0.717, 1.165) is 25.7 Å². The summed E-state index contributed by atoms with van der Waals surface area (Å²) in [5, 5.41) is 9.92. The number of allylic oxidation sites excluding steroid dienone is 3. The van der Waals surface area contributed by atoms with Gasteiger partial charge in [-0.1, -0.05) is 39.0 Å². The van der Waals surface area contributed by atoms with Gasteiger partial charge in [-0.2, -0.15) is 0 Å². The topological polar surface area (TPSA) is 72.8 Å². The van der Waals surface area contributed by atoms with Gasteiger partial charge in [-0.25, -0.2) is 0 Å². The van der Waals surface area contributed by atoms with Gasteiger partial charge in [0.2, 0.25) is 0 Å². The highest BCUT2D eigenvalue weighted by Gasteiger charge is 2.43. The monoisotopic (exact) mass is 418 g/mol. The zero-order valence-electron chi connectivity index (χ0n) is 19.1. The van der Waals surface area contributed by atoms with E-state index >= 15 is 0 Å². The standard InChI is InChI=1S/C25H38O5/c1-6-25(4,5)24(28)30-21-12-15(2)11-17-8-7-16(3)20(23(17)21)10-9-19-13-18(26)14-22(27)29-19/h7-8,11,15-16,18-21,23,26H,6,9-10,12-14H2,1-5H3/t15-,16+,18+,19-,20+,21+,23+/m0/s1. The van der Waals surface area contributed by atoms with E-state index in [-0.39, 0.29) is 36.5 Å². The number of aliphatic hydroxyl groups excluding tert-OH is 1. The van der Waals surface area contributed by atoms with Crippen LogP contribution in [-0.2, 0) is 19.1 Å². The SMILES string of the molecule is CCC(C)(C)C(=O)O[C@@H]1C[C@@H](C)C=C2C=C[C@@H](C)[C@@H](CC[C@H]3C[C@@H](O)CC(=O)O3)[C@@H]21. The van der Waals surface area contributed by atoms with E-state index in [2.05, 4.69) is 32.1 Å². The Morgan fingerprint density at radius 1 is 1.27 bits per heavy atom. The molecular formula is C25H38O5. The van der Waals surface area contributed by atoms with Crippen molar-refractivity contribution in [2.45, 2.75) is 91.5 Å². The largest absolute Gasteiger partial charge is 0.462 e. The highest BCUT2D eigenvalue weighted by molar-refractivity contribution is 5.76. The zero-order chi connectivity index (χ0) is 22.1. The maximum atomic E-state index is 12.9. The molecule has 1 fully saturated rings. The number of carbonyl (C=O) groups excluding carboxylic acids is 2. The van der Waals surface area contributed by atoms with Crippen LogP contribution in [0.3, 0.4) is 0 Å². The lowest BCUT2D eigenvalue weighted by Gasteiger charge is -2.44. The maximum absolute atomic E-state index is 12.9. The molecule has 5 nitrogen and oxygen atoms in total. The molecule has 0 bridgehead atoms. The van der Waals surface area contributed by atoms with Crippen LogP contribution in [0.15, 0.2) is 23.8 Å². The van der Waals surface area contributed by atoms with Gasteiger partial charge >= 0.3 is 11.9 Å². The Kier molecular flexibility index (Phi) is 7.11. The molecule has 0 spiro atoms. The van der Waals surface area contributed by atoms with Crippen molar-refractivity contribution in [3.63, 3.8) is 0 Å². The summed E-state index contributed by atoms with van der Waals surface area (Å²) in [7, 11) is 0. The number of aliphatic hydroxyl groups is 1. The Morgan fingerprint density at radius 2 is 2.00 bits per heavy atom. The first-order valence-corrected chi connectivity index (χ1v) is 11.6. The van der Waals surface area contributed by atoms with E-state index in [0.29, 0.717) is 24.2 Å². The molecule has 0 aromatic carbocycles. The van der Waals surface area contributed by atoms with Gasteiger partial charge in [0.05, 0.1) is 17.9 Å². The van der Waals surface area contributed by atoms with Crippen LogP contribution < -0.4 is 0 Å². The fraction of sp³-hybridized carbons (Fsp3) is 0.760. The molecule has 2 aliphatic carbocycles.